The van der Waals surface area contributed by atoms with Gasteiger partial charge in [0.15, 0.2) is 8.32 Å². The van der Waals surface area contributed by atoms with Gasteiger partial charge in [0.1, 0.15) is 18.3 Å². The van der Waals surface area contributed by atoms with E-state index in [1.807, 2.05) is 0 Å². The minimum Gasteiger partial charge on any atom is -0.408 e. The Hall–Kier alpha value is -0.283. The fraction of sp³-hybridized carbons (Fsp3) is 0.895. The molecule has 1 aliphatic carbocycles. The van der Waals surface area contributed by atoms with Crippen LogP contribution in [0, 0.1) is 0 Å². The van der Waals surface area contributed by atoms with Crippen LogP contribution in [0.1, 0.15) is 41.0 Å². The van der Waals surface area contributed by atoms with Crippen LogP contribution in [-0.4, -0.2) is 63.6 Å². The Morgan fingerprint density at radius 3 is 2.08 bits per heavy atom. The molecule has 2 rings (SSSR count). The van der Waals surface area contributed by atoms with Crippen LogP contribution in [0.3, 0.4) is 0 Å². The van der Waals surface area contributed by atoms with E-state index in [1.165, 1.54) is 0 Å². The number of ether oxygens (including phenoxy) is 4. The third-order valence-corrected chi connectivity index (χ3v) is 10.9. The first-order valence-electron chi connectivity index (χ1n) is 9.21. The largest absolute Gasteiger partial charge is 0.408 e. The summed E-state index contributed by atoms with van der Waals surface area (Å²) in [7, 11) is 0.976. The molecule has 0 aromatic rings. The van der Waals surface area contributed by atoms with Gasteiger partial charge in [0.2, 0.25) is 11.6 Å². The van der Waals surface area contributed by atoms with Gasteiger partial charge in [0, 0.05) is 14.2 Å². The normalized spacial score (nSPS) is 41.8. The number of rotatable bonds is 4. The number of hydrogen-bond acceptors (Lipinski definition) is 6. The van der Waals surface area contributed by atoms with Gasteiger partial charge in [-0.15, -0.1) is 0 Å². The number of methoxy groups -OCH3 is 2. The molecule has 0 radical (unpaired) electrons. The van der Waals surface area contributed by atoms with E-state index < -0.39 is 38.2 Å². The summed E-state index contributed by atoms with van der Waals surface area (Å²) >= 11 is 0. The maximum Gasteiger partial charge on any atom is 0.220 e. The second-order valence-electron chi connectivity index (χ2n) is 9.19. The molecule has 1 saturated heterocycles. The van der Waals surface area contributed by atoms with Gasteiger partial charge in [-0.1, -0.05) is 27.4 Å². The van der Waals surface area contributed by atoms with Crippen LogP contribution in [0.2, 0.25) is 18.1 Å². The molecule has 2 fully saturated rings. The molecule has 1 heterocycles. The molecule has 1 saturated carbocycles. The Morgan fingerprint density at radius 2 is 1.62 bits per heavy atom. The summed E-state index contributed by atoms with van der Waals surface area (Å²) in [6.07, 6.45) is -1.67. The molecule has 0 aromatic heterocycles. The van der Waals surface area contributed by atoms with Crippen LogP contribution >= 0.6 is 0 Å². The van der Waals surface area contributed by atoms with Crippen molar-refractivity contribution in [2.75, 3.05) is 14.2 Å². The summed E-state index contributed by atoms with van der Waals surface area (Å²) in [5.41, 5.74) is 0.693. The molecule has 6 nitrogen and oxygen atoms in total. The summed E-state index contributed by atoms with van der Waals surface area (Å²) < 4.78 is 30.4. The van der Waals surface area contributed by atoms with Crippen molar-refractivity contribution in [3.63, 3.8) is 0 Å². The van der Waals surface area contributed by atoms with Crippen LogP contribution < -0.4 is 0 Å². The van der Waals surface area contributed by atoms with E-state index in [4.69, 9.17) is 23.4 Å². The molecule has 0 aromatic carbocycles. The Kier molecular flexibility index (Phi) is 5.89. The van der Waals surface area contributed by atoms with E-state index in [0.29, 0.717) is 12.0 Å². The van der Waals surface area contributed by atoms with Crippen LogP contribution in [0.5, 0.6) is 0 Å². The number of aliphatic hydroxyl groups is 1. The predicted octanol–water partition coefficient (Wildman–Crippen LogP) is 3.21. The minimum absolute atomic E-state index is 0.00211. The number of aliphatic hydroxyl groups excluding tert-OH is 1. The van der Waals surface area contributed by atoms with Crippen molar-refractivity contribution in [3.8, 4) is 0 Å². The second-order valence-corrected chi connectivity index (χ2v) is 13.9. The molecule has 0 bridgehead atoms. The molecule has 0 amide bonds. The summed E-state index contributed by atoms with van der Waals surface area (Å²) in [6.45, 7) is 18.4. The molecule has 1 N–H and O–H groups in total. The highest BCUT2D eigenvalue weighted by Crippen LogP contribution is 2.47. The highest BCUT2D eigenvalue weighted by Gasteiger charge is 2.61. The zero-order valence-corrected chi connectivity index (χ0v) is 18.7. The predicted molar refractivity (Wildman–Crippen MR) is 102 cm³/mol. The van der Waals surface area contributed by atoms with Gasteiger partial charge in [-0.3, -0.25) is 0 Å². The quantitative estimate of drug-likeness (QED) is 0.589. The molecular weight excluding hydrogens is 352 g/mol. The van der Waals surface area contributed by atoms with Gasteiger partial charge >= 0.3 is 0 Å². The standard InChI is InChI=1S/C19H36O6Si/c1-12-11-13-15(24-19(6,22-8)18(5,21-7)23-13)16(14(12)20)25-26(9,10)17(2,3)4/h13-16,20H,1,11H2,2-10H3/t13-,14+,15+,16-,18-,19-/m1/s1. The average Bonchev–Trinajstić information content (AvgIpc) is 2.53. The zero-order valence-electron chi connectivity index (χ0n) is 17.7. The van der Waals surface area contributed by atoms with Crippen molar-refractivity contribution in [2.24, 2.45) is 0 Å². The smallest absolute Gasteiger partial charge is 0.220 e. The third kappa shape index (κ3) is 3.55. The van der Waals surface area contributed by atoms with Crippen molar-refractivity contribution in [1.82, 2.24) is 0 Å². The lowest BCUT2D eigenvalue weighted by atomic mass is 9.84. The van der Waals surface area contributed by atoms with E-state index in [9.17, 15) is 5.11 Å². The second kappa shape index (κ2) is 6.95. The first-order valence-corrected chi connectivity index (χ1v) is 12.1. The molecular formula is C19H36O6Si. The molecule has 0 spiro atoms. The number of fused-ring (bicyclic) bond motifs is 1. The number of hydrogen-bond donors (Lipinski definition) is 1. The highest BCUT2D eigenvalue weighted by atomic mass is 28.4. The van der Waals surface area contributed by atoms with E-state index in [0.717, 1.165) is 0 Å². The fourth-order valence-electron chi connectivity index (χ4n) is 3.25. The summed E-state index contributed by atoms with van der Waals surface area (Å²) in [5, 5.41) is 10.8. The first kappa shape index (κ1) is 22.0. The minimum atomic E-state index is -2.15. The average molecular weight is 389 g/mol. The van der Waals surface area contributed by atoms with E-state index in [1.54, 1.807) is 28.1 Å². The fourth-order valence-corrected chi connectivity index (χ4v) is 4.55. The molecule has 2 aliphatic rings. The van der Waals surface area contributed by atoms with E-state index >= 15 is 0 Å². The van der Waals surface area contributed by atoms with Gasteiger partial charge in [0.05, 0.1) is 6.10 Å². The molecule has 1 aliphatic heterocycles. The van der Waals surface area contributed by atoms with Crippen molar-refractivity contribution in [3.05, 3.63) is 12.2 Å². The van der Waals surface area contributed by atoms with Crippen LogP contribution in [0.15, 0.2) is 12.2 Å². The SMILES string of the molecule is C=C1C[C@H]2O[C@@](C)(OC)[C@](C)(OC)O[C@@H]2[C@H](O[Si](C)(C)C(C)(C)C)[C@H]1O. The van der Waals surface area contributed by atoms with Crippen LogP contribution in [0.25, 0.3) is 0 Å². The van der Waals surface area contributed by atoms with Crippen molar-refractivity contribution in [2.45, 2.75) is 95.2 Å². The summed E-state index contributed by atoms with van der Waals surface area (Å²) in [6, 6.07) is 0. The molecule has 152 valence electrons. The maximum absolute atomic E-state index is 10.8. The Bertz CT molecular complexity index is 545. The summed E-state index contributed by atoms with van der Waals surface area (Å²) in [4.78, 5) is 0. The van der Waals surface area contributed by atoms with Crippen molar-refractivity contribution >= 4 is 8.32 Å². The molecule has 7 heteroatoms. The van der Waals surface area contributed by atoms with Crippen molar-refractivity contribution < 1.29 is 28.5 Å². The lowest BCUT2D eigenvalue weighted by Crippen LogP contribution is -2.70. The monoisotopic (exact) mass is 388 g/mol. The van der Waals surface area contributed by atoms with Gasteiger partial charge < -0.3 is 28.5 Å². The molecule has 6 atom stereocenters. The maximum atomic E-state index is 10.8. The van der Waals surface area contributed by atoms with Gasteiger partial charge in [-0.25, -0.2) is 0 Å². The zero-order chi connectivity index (χ0) is 20.1. The van der Waals surface area contributed by atoms with Gasteiger partial charge in [-0.2, -0.15) is 0 Å². The topological polar surface area (TPSA) is 66.4 Å². The summed E-state index contributed by atoms with van der Waals surface area (Å²) in [5.74, 6) is -2.20. The van der Waals surface area contributed by atoms with Crippen LogP contribution in [-0.2, 0) is 23.4 Å². The Balaban J connectivity index is 2.38. The lowest BCUT2D eigenvalue weighted by Gasteiger charge is -2.56. The lowest BCUT2D eigenvalue weighted by molar-refractivity contribution is -0.456. The van der Waals surface area contributed by atoms with E-state index in [2.05, 4.69) is 40.4 Å². The van der Waals surface area contributed by atoms with Crippen molar-refractivity contribution in [1.29, 1.82) is 0 Å². The highest BCUT2D eigenvalue weighted by molar-refractivity contribution is 6.74. The van der Waals surface area contributed by atoms with Gasteiger partial charge in [0.25, 0.3) is 0 Å². The van der Waals surface area contributed by atoms with E-state index in [-0.39, 0.29) is 11.1 Å². The van der Waals surface area contributed by atoms with Gasteiger partial charge in [-0.05, 0) is 44.0 Å². The Morgan fingerprint density at radius 1 is 1.12 bits per heavy atom. The first-order chi connectivity index (χ1) is 11.7. The molecule has 0 unspecified atom stereocenters. The van der Waals surface area contributed by atoms with Crippen LogP contribution in [0.4, 0.5) is 0 Å². The molecule has 26 heavy (non-hydrogen) atoms. The Labute approximate surface area is 158 Å². The third-order valence-electron chi connectivity index (χ3n) is 6.46.